The summed E-state index contributed by atoms with van der Waals surface area (Å²) >= 11 is 0. The minimum Gasteiger partial charge on any atom is -0.494 e. The molecule has 0 fully saturated rings. The fraction of sp³-hybridized carbons (Fsp3) is 0.310. The summed E-state index contributed by atoms with van der Waals surface area (Å²) in [5.74, 6) is 1.45. The molecular weight excluding hydrogens is 456 g/mol. The first kappa shape index (κ1) is 25.3. The van der Waals surface area contributed by atoms with Gasteiger partial charge in [-0.25, -0.2) is 0 Å². The Bertz CT molecular complexity index is 1240. The first-order valence-electron chi connectivity index (χ1n) is 12.2. The number of aromatic nitrogens is 1. The van der Waals surface area contributed by atoms with Gasteiger partial charge in [0.2, 0.25) is 0 Å². The summed E-state index contributed by atoms with van der Waals surface area (Å²) in [5, 5.41) is 9.20. The SMILES string of the molecule is CC[C@@H](Oc1cccc(CN(CCCOc2ccc(CO)cc2)c2nc3ccccc3o2)c1)C(C)=O. The number of aliphatic hydroxyl groups excluding tert-OH is 1. The number of rotatable bonds is 13. The maximum atomic E-state index is 11.8. The summed E-state index contributed by atoms with van der Waals surface area (Å²) in [5.41, 5.74) is 3.42. The van der Waals surface area contributed by atoms with E-state index in [1.165, 1.54) is 0 Å². The minimum absolute atomic E-state index is 0.0137. The molecule has 36 heavy (non-hydrogen) atoms. The second-order valence-corrected chi connectivity index (χ2v) is 8.66. The highest BCUT2D eigenvalue weighted by atomic mass is 16.5. The molecule has 0 aliphatic heterocycles. The number of carbonyl (C=O) groups is 1. The Morgan fingerprint density at radius 1 is 1.03 bits per heavy atom. The molecule has 7 heteroatoms. The van der Waals surface area contributed by atoms with Crippen molar-refractivity contribution >= 4 is 22.9 Å². The number of ether oxygens (including phenoxy) is 2. The van der Waals surface area contributed by atoms with Gasteiger partial charge in [0.15, 0.2) is 17.5 Å². The first-order chi connectivity index (χ1) is 17.6. The lowest BCUT2D eigenvalue weighted by Crippen LogP contribution is -2.26. The maximum absolute atomic E-state index is 11.8. The monoisotopic (exact) mass is 488 g/mol. The molecule has 0 radical (unpaired) electrons. The second-order valence-electron chi connectivity index (χ2n) is 8.66. The van der Waals surface area contributed by atoms with E-state index < -0.39 is 6.10 Å². The Hall–Kier alpha value is -3.84. The molecule has 4 aromatic rings. The molecule has 3 aromatic carbocycles. The maximum Gasteiger partial charge on any atom is 0.298 e. The van der Waals surface area contributed by atoms with Gasteiger partial charge in [0.1, 0.15) is 17.0 Å². The number of carbonyl (C=O) groups excluding carboxylic acids is 1. The number of aliphatic hydroxyl groups is 1. The lowest BCUT2D eigenvalue weighted by molar-refractivity contribution is -0.123. The van der Waals surface area contributed by atoms with Crippen molar-refractivity contribution in [2.45, 2.75) is 45.9 Å². The van der Waals surface area contributed by atoms with Crippen molar-refractivity contribution in [1.29, 1.82) is 0 Å². The van der Waals surface area contributed by atoms with E-state index in [2.05, 4.69) is 4.90 Å². The van der Waals surface area contributed by atoms with Crippen molar-refractivity contribution in [2.75, 3.05) is 18.1 Å². The van der Waals surface area contributed by atoms with E-state index >= 15 is 0 Å². The number of nitrogens with zero attached hydrogens (tertiary/aromatic N) is 2. The number of anilines is 1. The number of ketones is 1. The van der Waals surface area contributed by atoms with Crippen LogP contribution in [0.15, 0.2) is 77.2 Å². The summed E-state index contributed by atoms with van der Waals surface area (Å²) in [4.78, 5) is 18.6. The summed E-state index contributed by atoms with van der Waals surface area (Å²) in [6.07, 6.45) is 0.924. The summed E-state index contributed by atoms with van der Waals surface area (Å²) < 4.78 is 17.9. The molecule has 1 N–H and O–H groups in total. The van der Waals surface area contributed by atoms with Crippen LogP contribution in [-0.4, -0.2) is 35.1 Å². The van der Waals surface area contributed by atoms with Gasteiger partial charge >= 0.3 is 0 Å². The van der Waals surface area contributed by atoms with Crippen molar-refractivity contribution in [2.24, 2.45) is 0 Å². The van der Waals surface area contributed by atoms with E-state index in [1.807, 2.05) is 79.7 Å². The van der Waals surface area contributed by atoms with Gasteiger partial charge in [-0.15, -0.1) is 0 Å². The van der Waals surface area contributed by atoms with Crippen LogP contribution in [0.3, 0.4) is 0 Å². The predicted molar refractivity (Wildman–Crippen MR) is 139 cm³/mol. The lowest BCUT2D eigenvalue weighted by atomic mass is 10.1. The minimum atomic E-state index is -0.447. The molecule has 1 heterocycles. The van der Waals surface area contributed by atoms with Crippen LogP contribution in [0, 0.1) is 0 Å². The molecule has 0 saturated carbocycles. The Morgan fingerprint density at radius 3 is 2.56 bits per heavy atom. The number of para-hydroxylation sites is 2. The third-order valence-corrected chi connectivity index (χ3v) is 5.87. The summed E-state index contributed by atoms with van der Waals surface area (Å²) in [6.45, 7) is 5.25. The fourth-order valence-electron chi connectivity index (χ4n) is 3.93. The average Bonchev–Trinajstić information content (AvgIpc) is 3.34. The Labute approximate surface area is 211 Å². The van der Waals surface area contributed by atoms with Gasteiger partial charge in [0.05, 0.1) is 13.2 Å². The predicted octanol–water partition coefficient (Wildman–Crippen LogP) is 5.54. The van der Waals surface area contributed by atoms with Crippen molar-refractivity contribution < 1.29 is 23.8 Å². The molecule has 1 aromatic heterocycles. The van der Waals surface area contributed by atoms with Gasteiger partial charge in [0, 0.05) is 13.1 Å². The number of Topliss-reactive ketones (excluding diaryl/α,β-unsaturated/α-hetero) is 1. The fourth-order valence-corrected chi connectivity index (χ4v) is 3.93. The number of hydrogen-bond donors (Lipinski definition) is 1. The van der Waals surface area contributed by atoms with Gasteiger partial charge in [-0.3, -0.25) is 4.79 Å². The molecule has 0 bridgehead atoms. The highest BCUT2D eigenvalue weighted by Crippen LogP contribution is 2.25. The van der Waals surface area contributed by atoms with Crippen molar-refractivity contribution in [3.05, 3.63) is 83.9 Å². The van der Waals surface area contributed by atoms with E-state index in [9.17, 15) is 9.90 Å². The molecule has 0 amide bonds. The van der Waals surface area contributed by atoms with E-state index in [-0.39, 0.29) is 12.4 Å². The molecular formula is C29H32N2O5. The third-order valence-electron chi connectivity index (χ3n) is 5.87. The Morgan fingerprint density at radius 2 is 1.83 bits per heavy atom. The van der Waals surface area contributed by atoms with Crippen LogP contribution in [0.2, 0.25) is 0 Å². The van der Waals surface area contributed by atoms with Gasteiger partial charge < -0.3 is 23.9 Å². The smallest absolute Gasteiger partial charge is 0.298 e. The van der Waals surface area contributed by atoms with Gasteiger partial charge in [-0.05, 0) is 67.3 Å². The highest BCUT2D eigenvalue weighted by molar-refractivity contribution is 5.80. The number of oxazole rings is 1. The topological polar surface area (TPSA) is 85.0 Å². The van der Waals surface area contributed by atoms with Crippen LogP contribution in [0.25, 0.3) is 11.1 Å². The molecule has 0 spiro atoms. The lowest BCUT2D eigenvalue weighted by Gasteiger charge is -2.21. The summed E-state index contributed by atoms with van der Waals surface area (Å²) in [7, 11) is 0. The Balaban J connectivity index is 1.46. The quantitative estimate of drug-likeness (QED) is 0.247. The van der Waals surface area contributed by atoms with Gasteiger partial charge in [0.25, 0.3) is 6.01 Å². The van der Waals surface area contributed by atoms with Crippen LogP contribution in [0.5, 0.6) is 11.5 Å². The molecule has 4 rings (SSSR count). The molecule has 0 unspecified atom stereocenters. The standard InChI is InChI=1S/C29H32N2O5/c1-3-27(21(2)33)35-25-9-6-8-23(18-25)19-31(29-30-26-10-4-5-11-28(26)36-29)16-7-17-34-24-14-12-22(20-32)13-15-24/h4-6,8-15,18,27,32H,3,7,16-17,19-20H2,1-2H3/t27-/m1/s1. The molecule has 7 nitrogen and oxygen atoms in total. The number of fused-ring (bicyclic) bond motifs is 1. The van der Waals surface area contributed by atoms with Gasteiger partial charge in [-0.2, -0.15) is 4.98 Å². The van der Waals surface area contributed by atoms with E-state index in [1.54, 1.807) is 6.92 Å². The van der Waals surface area contributed by atoms with Crippen LogP contribution >= 0.6 is 0 Å². The average molecular weight is 489 g/mol. The molecule has 0 aliphatic carbocycles. The van der Waals surface area contributed by atoms with Crippen LogP contribution in [0.1, 0.15) is 37.8 Å². The van der Waals surface area contributed by atoms with Crippen molar-refractivity contribution in [3.63, 3.8) is 0 Å². The molecule has 0 aliphatic rings. The largest absolute Gasteiger partial charge is 0.494 e. The summed E-state index contributed by atoms with van der Waals surface area (Å²) in [6, 6.07) is 23.5. The van der Waals surface area contributed by atoms with Crippen LogP contribution in [0.4, 0.5) is 6.01 Å². The van der Waals surface area contributed by atoms with Gasteiger partial charge in [-0.1, -0.05) is 43.3 Å². The van der Waals surface area contributed by atoms with Crippen LogP contribution in [-0.2, 0) is 17.9 Å². The van der Waals surface area contributed by atoms with Crippen LogP contribution < -0.4 is 14.4 Å². The zero-order valence-corrected chi connectivity index (χ0v) is 20.7. The van der Waals surface area contributed by atoms with Crippen molar-refractivity contribution in [3.8, 4) is 11.5 Å². The van der Waals surface area contributed by atoms with E-state index in [0.717, 1.165) is 34.4 Å². The third kappa shape index (κ3) is 6.64. The van der Waals surface area contributed by atoms with E-state index in [4.69, 9.17) is 18.9 Å². The Kier molecular flexibility index (Phi) is 8.57. The normalized spacial score (nSPS) is 11.9. The highest BCUT2D eigenvalue weighted by Gasteiger charge is 2.17. The first-order valence-corrected chi connectivity index (χ1v) is 12.2. The number of hydrogen-bond acceptors (Lipinski definition) is 7. The van der Waals surface area contributed by atoms with E-state index in [0.29, 0.717) is 37.9 Å². The zero-order valence-electron chi connectivity index (χ0n) is 20.7. The molecule has 0 saturated heterocycles. The number of benzene rings is 3. The second kappa shape index (κ2) is 12.2. The molecule has 188 valence electrons. The zero-order chi connectivity index (χ0) is 25.3. The van der Waals surface area contributed by atoms with Crippen molar-refractivity contribution in [1.82, 2.24) is 4.98 Å². The molecule has 1 atom stereocenters.